The second-order valence-electron chi connectivity index (χ2n) is 4.52. The Bertz CT molecular complexity index is 758. The Morgan fingerprint density at radius 1 is 1.55 bits per heavy atom. The van der Waals surface area contributed by atoms with Gasteiger partial charge in [0, 0.05) is 6.07 Å². The van der Waals surface area contributed by atoms with Crippen molar-refractivity contribution >= 4 is 17.3 Å². The number of nitro groups is 1. The van der Waals surface area contributed by atoms with Gasteiger partial charge in [-0.1, -0.05) is 24.3 Å². The second-order valence-corrected chi connectivity index (χ2v) is 4.93. The number of hydrogen-bond acceptors (Lipinski definition) is 4. The van der Waals surface area contributed by atoms with Gasteiger partial charge in [0.2, 0.25) is 0 Å². The molecule has 0 saturated carbocycles. The van der Waals surface area contributed by atoms with Crippen molar-refractivity contribution in [1.29, 1.82) is 0 Å². The van der Waals surface area contributed by atoms with Gasteiger partial charge in [-0.25, -0.2) is 9.07 Å². The molecule has 0 aliphatic heterocycles. The molecule has 0 amide bonds. The topological polar surface area (TPSA) is 70.2 Å². The number of aromatic nitrogens is 2. The van der Waals surface area contributed by atoms with E-state index in [1.54, 1.807) is 0 Å². The maximum Gasteiger partial charge on any atom is 0.313 e. The molecule has 22 heavy (non-hydrogen) atoms. The van der Waals surface area contributed by atoms with Crippen molar-refractivity contribution in [2.45, 2.75) is 13.8 Å². The smallest absolute Gasteiger partial charge is 0.313 e. The molecule has 1 heterocycles. The summed E-state index contributed by atoms with van der Waals surface area (Å²) in [5, 5.41) is 15.2. The summed E-state index contributed by atoms with van der Waals surface area (Å²) in [5.74, 6) is -0.412. The first-order valence-electron chi connectivity index (χ1n) is 6.30. The van der Waals surface area contributed by atoms with Crippen LogP contribution < -0.4 is 4.74 Å². The largest absolute Gasteiger partial charge is 0.488 e. The van der Waals surface area contributed by atoms with Gasteiger partial charge in [0.1, 0.15) is 29.4 Å². The molecule has 0 unspecified atom stereocenters. The number of benzene rings is 1. The molecule has 0 N–H and O–H groups in total. The van der Waals surface area contributed by atoms with Crippen LogP contribution in [0.2, 0.25) is 5.02 Å². The fraction of sp³-hybridized carbons (Fsp3) is 0.214. The highest BCUT2D eigenvalue weighted by Gasteiger charge is 2.24. The molecular weight excluding hydrogens is 313 g/mol. The molecule has 116 valence electrons. The molecule has 0 fully saturated rings. The zero-order chi connectivity index (χ0) is 16.4. The molecule has 0 saturated heterocycles. The first kappa shape index (κ1) is 16.0. The van der Waals surface area contributed by atoms with E-state index in [2.05, 4.69) is 11.7 Å². The Labute approximate surface area is 130 Å². The maximum absolute atomic E-state index is 14.2. The molecule has 2 rings (SSSR count). The van der Waals surface area contributed by atoms with Gasteiger partial charge in [0.25, 0.3) is 0 Å². The summed E-state index contributed by atoms with van der Waals surface area (Å²) in [7, 11) is 0. The standard InChI is InChI=1S/C14H13ClFN3O3/c1-4-5-22-13-7-12(11(16)6-10(13)15)18-9(3)14(19(20)21)8(2)17-18/h4,6-7H,1,5H2,2-3H3. The summed E-state index contributed by atoms with van der Waals surface area (Å²) in [4.78, 5) is 10.5. The van der Waals surface area contributed by atoms with E-state index in [0.29, 0.717) is 0 Å². The lowest BCUT2D eigenvalue weighted by atomic mass is 10.2. The lowest BCUT2D eigenvalue weighted by Gasteiger charge is -2.10. The third kappa shape index (κ3) is 2.80. The number of hydrogen-bond donors (Lipinski definition) is 0. The van der Waals surface area contributed by atoms with Gasteiger partial charge in [-0.2, -0.15) is 5.10 Å². The lowest BCUT2D eigenvalue weighted by molar-refractivity contribution is -0.386. The Morgan fingerprint density at radius 3 is 2.77 bits per heavy atom. The highest BCUT2D eigenvalue weighted by atomic mass is 35.5. The molecule has 6 nitrogen and oxygen atoms in total. The van der Waals surface area contributed by atoms with Gasteiger partial charge < -0.3 is 4.74 Å². The van der Waals surface area contributed by atoms with E-state index in [4.69, 9.17) is 16.3 Å². The predicted octanol–water partition coefficient (Wildman–Crippen LogP) is 3.75. The first-order valence-corrected chi connectivity index (χ1v) is 6.68. The molecule has 0 radical (unpaired) electrons. The van der Waals surface area contributed by atoms with Crippen LogP contribution in [0.1, 0.15) is 11.4 Å². The van der Waals surface area contributed by atoms with E-state index in [1.807, 2.05) is 0 Å². The summed E-state index contributed by atoms with van der Waals surface area (Å²) in [5.41, 5.74) is 0.295. The average molecular weight is 326 g/mol. The summed E-state index contributed by atoms with van der Waals surface area (Å²) in [6.07, 6.45) is 1.52. The van der Waals surface area contributed by atoms with Gasteiger partial charge in [-0.3, -0.25) is 10.1 Å². The molecule has 8 heteroatoms. The normalized spacial score (nSPS) is 10.5. The lowest BCUT2D eigenvalue weighted by Crippen LogP contribution is -2.04. The summed E-state index contributed by atoms with van der Waals surface area (Å²) in [6.45, 7) is 6.70. The van der Waals surface area contributed by atoms with E-state index >= 15 is 0 Å². The Kier molecular flexibility index (Phi) is 4.46. The molecule has 1 aromatic carbocycles. The van der Waals surface area contributed by atoms with Crippen molar-refractivity contribution in [1.82, 2.24) is 9.78 Å². The van der Waals surface area contributed by atoms with Crippen molar-refractivity contribution in [2.75, 3.05) is 6.61 Å². The Hall–Kier alpha value is -2.41. The van der Waals surface area contributed by atoms with Gasteiger partial charge in [0.05, 0.1) is 9.95 Å². The van der Waals surface area contributed by atoms with Crippen molar-refractivity contribution < 1.29 is 14.1 Å². The van der Waals surface area contributed by atoms with Gasteiger partial charge in [-0.15, -0.1) is 0 Å². The van der Waals surface area contributed by atoms with E-state index in [0.717, 1.165) is 6.07 Å². The molecule has 2 aromatic rings. The molecule has 0 aliphatic rings. The van der Waals surface area contributed by atoms with E-state index in [-0.39, 0.29) is 40.1 Å². The molecule has 0 aliphatic carbocycles. The second kappa shape index (κ2) is 6.15. The van der Waals surface area contributed by atoms with Crippen LogP contribution in [-0.2, 0) is 0 Å². The summed E-state index contributed by atoms with van der Waals surface area (Å²) >= 11 is 5.91. The van der Waals surface area contributed by atoms with Crippen LogP contribution in [-0.4, -0.2) is 21.3 Å². The van der Waals surface area contributed by atoms with Crippen LogP contribution in [0.5, 0.6) is 5.75 Å². The van der Waals surface area contributed by atoms with Gasteiger partial charge in [-0.05, 0) is 19.9 Å². The van der Waals surface area contributed by atoms with E-state index in [1.165, 1.54) is 30.7 Å². The maximum atomic E-state index is 14.2. The summed E-state index contributed by atoms with van der Waals surface area (Å²) < 4.78 is 20.7. The van der Waals surface area contributed by atoms with Crippen molar-refractivity contribution in [2.24, 2.45) is 0 Å². The molecule has 0 atom stereocenters. The first-order chi connectivity index (χ1) is 10.4. The third-order valence-electron chi connectivity index (χ3n) is 3.02. The third-order valence-corrected chi connectivity index (χ3v) is 3.32. The molecule has 0 spiro atoms. The van der Waals surface area contributed by atoms with Gasteiger partial charge >= 0.3 is 5.69 Å². The van der Waals surface area contributed by atoms with Crippen LogP contribution in [0.25, 0.3) is 5.69 Å². The van der Waals surface area contributed by atoms with Crippen LogP contribution in [0, 0.1) is 29.8 Å². The fourth-order valence-electron chi connectivity index (χ4n) is 2.07. The number of halogens is 2. The number of aryl methyl sites for hydroxylation is 1. The molecule has 0 bridgehead atoms. The number of ether oxygens (including phenoxy) is 1. The minimum atomic E-state index is -0.656. The predicted molar refractivity (Wildman–Crippen MR) is 80.4 cm³/mol. The van der Waals surface area contributed by atoms with Crippen LogP contribution in [0.4, 0.5) is 10.1 Å². The van der Waals surface area contributed by atoms with Crippen molar-refractivity contribution in [3.8, 4) is 11.4 Å². The summed E-state index contributed by atoms with van der Waals surface area (Å²) in [6, 6.07) is 2.43. The number of rotatable bonds is 5. The monoisotopic (exact) mass is 325 g/mol. The van der Waals surface area contributed by atoms with Crippen molar-refractivity contribution in [3.63, 3.8) is 0 Å². The Balaban J connectivity index is 2.60. The SMILES string of the molecule is C=CCOc1cc(-n2nc(C)c([N+](=O)[O-])c2C)c(F)cc1Cl. The molecule has 1 aromatic heterocycles. The molecular formula is C14H13ClFN3O3. The van der Waals surface area contributed by atoms with E-state index in [9.17, 15) is 14.5 Å². The van der Waals surface area contributed by atoms with Crippen LogP contribution >= 0.6 is 11.6 Å². The minimum Gasteiger partial charge on any atom is -0.488 e. The average Bonchev–Trinajstić information content (AvgIpc) is 2.73. The van der Waals surface area contributed by atoms with Crippen LogP contribution in [0.3, 0.4) is 0 Å². The Morgan fingerprint density at radius 2 is 2.23 bits per heavy atom. The highest BCUT2D eigenvalue weighted by Crippen LogP contribution is 2.32. The number of nitrogens with zero attached hydrogens (tertiary/aromatic N) is 3. The fourth-order valence-corrected chi connectivity index (χ4v) is 2.28. The van der Waals surface area contributed by atoms with Gasteiger partial charge in [0.15, 0.2) is 5.82 Å². The zero-order valence-electron chi connectivity index (χ0n) is 12.0. The van der Waals surface area contributed by atoms with Crippen LogP contribution in [0.15, 0.2) is 24.8 Å². The van der Waals surface area contributed by atoms with E-state index < -0.39 is 10.7 Å². The zero-order valence-corrected chi connectivity index (χ0v) is 12.7. The highest BCUT2D eigenvalue weighted by molar-refractivity contribution is 6.32. The minimum absolute atomic E-state index is 0.0252. The van der Waals surface area contributed by atoms with Crippen molar-refractivity contribution in [3.05, 3.63) is 57.1 Å². The quantitative estimate of drug-likeness (QED) is 0.477.